The molecule has 0 fully saturated rings. The Balaban J connectivity index is 2.72. The molecule has 0 radical (unpaired) electrons. The van der Waals surface area contributed by atoms with Crippen LogP contribution in [0, 0.1) is 6.92 Å². The van der Waals surface area contributed by atoms with Gasteiger partial charge in [0, 0.05) is 5.75 Å². The number of amides is 1. The number of nitrogens with zero attached hydrogens (tertiary/aromatic N) is 2. The SMILES string of the molecule is Cc1noc([C@H](CS)NC(=O)O)n1. The minimum absolute atomic E-state index is 0.231. The van der Waals surface area contributed by atoms with Crippen LogP contribution < -0.4 is 5.32 Å². The van der Waals surface area contributed by atoms with Crippen LogP contribution in [-0.2, 0) is 0 Å². The predicted molar refractivity (Wildman–Crippen MR) is 46.8 cm³/mol. The van der Waals surface area contributed by atoms with Crippen molar-refractivity contribution in [3.63, 3.8) is 0 Å². The average Bonchev–Trinajstić information content (AvgIpc) is 2.47. The van der Waals surface area contributed by atoms with Crippen molar-refractivity contribution >= 4 is 18.7 Å². The summed E-state index contributed by atoms with van der Waals surface area (Å²) in [6, 6.07) is -0.554. The molecule has 0 aliphatic rings. The lowest BCUT2D eigenvalue weighted by Gasteiger charge is -2.07. The summed E-state index contributed by atoms with van der Waals surface area (Å²) in [6.45, 7) is 1.66. The van der Waals surface area contributed by atoms with Crippen molar-refractivity contribution in [2.75, 3.05) is 5.75 Å². The predicted octanol–water partition coefficient (Wildman–Crippen LogP) is 0.617. The summed E-state index contributed by atoms with van der Waals surface area (Å²) >= 11 is 3.96. The molecule has 0 aliphatic carbocycles. The first-order chi connectivity index (χ1) is 6.13. The molecule has 0 aliphatic heterocycles. The highest BCUT2D eigenvalue weighted by atomic mass is 32.1. The van der Waals surface area contributed by atoms with E-state index in [9.17, 15) is 4.79 Å². The second-order valence-electron chi connectivity index (χ2n) is 2.36. The van der Waals surface area contributed by atoms with Crippen molar-refractivity contribution in [2.45, 2.75) is 13.0 Å². The van der Waals surface area contributed by atoms with Crippen molar-refractivity contribution in [2.24, 2.45) is 0 Å². The van der Waals surface area contributed by atoms with Gasteiger partial charge in [-0.05, 0) is 6.92 Å². The first kappa shape index (κ1) is 9.85. The molecular formula is C6H9N3O3S. The minimum atomic E-state index is -1.14. The fourth-order valence-corrected chi connectivity index (χ4v) is 1.04. The van der Waals surface area contributed by atoms with Crippen LogP contribution >= 0.6 is 12.6 Å². The molecule has 0 bridgehead atoms. The van der Waals surface area contributed by atoms with Gasteiger partial charge >= 0.3 is 6.09 Å². The normalized spacial score (nSPS) is 12.5. The number of aryl methyl sites for hydroxylation is 1. The van der Waals surface area contributed by atoms with Gasteiger partial charge in [-0.25, -0.2) is 4.79 Å². The number of carboxylic acid groups (broad SMARTS) is 1. The first-order valence-electron chi connectivity index (χ1n) is 3.54. The Morgan fingerprint density at radius 3 is 2.92 bits per heavy atom. The molecule has 7 heteroatoms. The Morgan fingerprint density at radius 2 is 2.54 bits per heavy atom. The minimum Gasteiger partial charge on any atom is -0.465 e. The van der Waals surface area contributed by atoms with E-state index in [4.69, 9.17) is 9.63 Å². The van der Waals surface area contributed by atoms with Crippen LogP contribution in [0.3, 0.4) is 0 Å². The van der Waals surface area contributed by atoms with E-state index in [-0.39, 0.29) is 11.6 Å². The van der Waals surface area contributed by atoms with Gasteiger partial charge in [0.15, 0.2) is 5.82 Å². The molecule has 0 saturated heterocycles. The van der Waals surface area contributed by atoms with Crippen LogP contribution in [0.1, 0.15) is 17.8 Å². The zero-order valence-electron chi connectivity index (χ0n) is 6.89. The Labute approximate surface area is 79.7 Å². The van der Waals surface area contributed by atoms with Crippen LogP contribution in [0.2, 0.25) is 0 Å². The standard InChI is InChI=1S/C6H9N3O3S/c1-3-7-5(12-9-3)4(2-13)8-6(10)11/h4,8,13H,2H2,1H3,(H,10,11)/t4-/m0/s1. The quantitative estimate of drug-likeness (QED) is 0.626. The summed E-state index contributed by atoms with van der Waals surface area (Å²) in [5.74, 6) is 0.970. The molecule has 1 rings (SSSR count). The lowest BCUT2D eigenvalue weighted by Crippen LogP contribution is -2.28. The molecule has 72 valence electrons. The van der Waals surface area contributed by atoms with E-state index in [1.54, 1.807) is 6.92 Å². The smallest absolute Gasteiger partial charge is 0.405 e. The first-order valence-corrected chi connectivity index (χ1v) is 4.17. The Kier molecular flexibility index (Phi) is 3.13. The van der Waals surface area contributed by atoms with Gasteiger partial charge in [0.05, 0.1) is 0 Å². The van der Waals surface area contributed by atoms with Crippen LogP contribution in [-0.4, -0.2) is 27.1 Å². The summed E-state index contributed by atoms with van der Waals surface area (Å²) in [6.07, 6.45) is -1.14. The Bertz CT molecular complexity index is 301. The number of aromatic nitrogens is 2. The van der Waals surface area contributed by atoms with Gasteiger partial charge in [-0.15, -0.1) is 0 Å². The topological polar surface area (TPSA) is 88.2 Å². The third-order valence-electron chi connectivity index (χ3n) is 1.32. The summed E-state index contributed by atoms with van der Waals surface area (Å²) in [5.41, 5.74) is 0. The lowest BCUT2D eigenvalue weighted by molar-refractivity contribution is 0.188. The number of rotatable bonds is 3. The molecule has 1 heterocycles. The maximum atomic E-state index is 10.3. The highest BCUT2D eigenvalue weighted by molar-refractivity contribution is 7.80. The van der Waals surface area contributed by atoms with E-state index < -0.39 is 12.1 Å². The number of thiol groups is 1. The van der Waals surface area contributed by atoms with E-state index in [0.29, 0.717) is 5.82 Å². The average molecular weight is 203 g/mol. The zero-order valence-corrected chi connectivity index (χ0v) is 7.78. The van der Waals surface area contributed by atoms with Crippen molar-refractivity contribution in [3.05, 3.63) is 11.7 Å². The number of hydrogen-bond acceptors (Lipinski definition) is 5. The molecule has 0 aromatic carbocycles. The second-order valence-corrected chi connectivity index (χ2v) is 2.73. The van der Waals surface area contributed by atoms with Crippen molar-refractivity contribution in [1.29, 1.82) is 0 Å². The van der Waals surface area contributed by atoms with Crippen LogP contribution in [0.4, 0.5) is 4.79 Å². The van der Waals surface area contributed by atoms with Crippen molar-refractivity contribution < 1.29 is 14.4 Å². The maximum Gasteiger partial charge on any atom is 0.405 e. The van der Waals surface area contributed by atoms with Gasteiger partial charge in [-0.2, -0.15) is 17.6 Å². The molecule has 6 nitrogen and oxygen atoms in total. The fraction of sp³-hybridized carbons (Fsp3) is 0.500. The number of nitrogens with one attached hydrogen (secondary N) is 1. The molecule has 13 heavy (non-hydrogen) atoms. The van der Waals surface area contributed by atoms with E-state index >= 15 is 0 Å². The lowest BCUT2D eigenvalue weighted by atomic mass is 10.3. The summed E-state index contributed by atoms with van der Waals surface area (Å²) in [5, 5.41) is 14.2. The Hall–Kier alpha value is -1.24. The summed E-state index contributed by atoms with van der Waals surface area (Å²) < 4.78 is 4.78. The second kappa shape index (κ2) is 4.13. The molecule has 1 aromatic rings. The fourth-order valence-electron chi connectivity index (χ4n) is 0.789. The monoisotopic (exact) mass is 203 g/mol. The molecule has 2 N–H and O–H groups in total. The van der Waals surface area contributed by atoms with Gasteiger partial charge in [-0.3, -0.25) is 0 Å². The van der Waals surface area contributed by atoms with Crippen LogP contribution in [0.15, 0.2) is 4.52 Å². The van der Waals surface area contributed by atoms with E-state index in [0.717, 1.165) is 0 Å². The highest BCUT2D eigenvalue weighted by Crippen LogP contribution is 2.11. The molecule has 1 atom stereocenters. The summed E-state index contributed by atoms with van der Waals surface area (Å²) in [7, 11) is 0. The molecule has 1 amide bonds. The van der Waals surface area contributed by atoms with Gasteiger partial charge in [0.2, 0.25) is 5.89 Å². The van der Waals surface area contributed by atoms with Gasteiger partial charge < -0.3 is 14.9 Å². The van der Waals surface area contributed by atoms with Gasteiger partial charge in [0.1, 0.15) is 6.04 Å². The third-order valence-corrected chi connectivity index (χ3v) is 1.69. The molecule has 1 aromatic heterocycles. The molecule has 0 saturated carbocycles. The largest absolute Gasteiger partial charge is 0.465 e. The van der Waals surface area contributed by atoms with Crippen molar-refractivity contribution in [1.82, 2.24) is 15.5 Å². The van der Waals surface area contributed by atoms with E-state index in [2.05, 4.69) is 28.1 Å². The zero-order chi connectivity index (χ0) is 9.84. The van der Waals surface area contributed by atoms with Gasteiger partial charge in [-0.1, -0.05) is 5.16 Å². The molecule has 0 spiro atoms. The highest BCUT2D eigenvalue weighted by Gasteiger charge is 2.18. The van der Waals surface area contributed by atoms with Crippen LogP contribution in [0.25, 0.3) is 0 Å². The van der Waals surface area contributed by atoms with E-state index in [1.807, 2.05) is 0 Å². The Morgan fingerprint density at radius 1 is 1.85 bits per heavy atom. The molecular weight excluding hydrogens is 194 g/mol. The maximum absolute atomic E-state index is 10.3. The van der Waals surface area contributed by atoms with E-state index in [1.165, 1.54) is 0 Å². The van der Waals surface area contributed by atoms with Gasteiger partial charge in [0.25, 0.3) is 0 Å². The van der Waals surface area contributed by atoms with Crippen LogP contribution in [0.5, 0.6) is 0 Å². The molecule has 0 unspecified atom stereocenters. The summed E-state index contributed by atoms with van der Waals surface area (Å²) in [4.78, 5) is 14.2. The number of hydrogen-bond donors (Lipinski definition) is 3. The number of carbonyl (C=O) groups is 1. The van der Waals surface area contributed by atoms with Crippen molar-refractivity contribution in [3.8, 4) is 0 Å². The third kappa shape index (κ3) is 2.62.